The largest absolute Gasteiger partial charge is 0.481 e. The van der Waals surface area contributed by atoms with Gasteiger partial charge in [0.15, 0.2) is 0 Å². The number of urea groups is 1. The molecule has 1 saturated carbocycles. The summed E-state index contributed by atoms with van der Waals surface area (Å²) in [6, 6.07) is -0.0175. The molecule has 0 aromatic carbocycles. The van der Waals surface area contributed by atoms with Gasteiger partial charge in [0.25, 0.3) is 0 Å². The Hall–Kier alpha value is -1.26. The fourth-order valence-electron chi connectivity index (χ4n) is 2.13. The zero-order valence-electron chi connectivity index (χ0n) is 10.5. The van der Waals surface area contributed by atoms with Crippen LogP contribution in [0.5, 0.6) is 0 Å². The molecule has 1 aliphatic carbocycles. The molecule has 1 rings (SSSR count). The van der Waals surface area contributed by atoms with Crippen LogP contribution in [0.3, 0.4) is 0 Å². The number of hydrogen-bond donors (Lipinski definition) is 3. The molecule has 0 aromatic rings. The van der Waals surface area contributed by atoms with Crippen LogP contribution in [0.2, 0.25) is 0 Å². The van der Waals surface area contributed by atoms with Crippen LogP contribution in [0.4, 0.5) is 4.79 Å². The van der Waals surface area contributed by atoms with Crippen molar-refractivity contribution in [2.75, 3.05) is 6.54 Å². The number of nitrogens with one attached hydrogen (secondary N) is 2. The van der Waals surface area contributed by atoms with Crippen molar-refractivity contribution in [3.05, 3.63) is 0 Å². The molecule has 3 unspecified atom stereocenters. The van der Waals surface area contributed by atoms with Gasteiger partial charge in [0.2, 0.25) is 0 Å². The average Bonchev–Trinajstić information content (AvgIpc) is 2.25. The SMILES string of the molecule is CC1CCCC(NC(=O)NCC(C)C(=O)O)C1. The zero-order chi connectivity index (χ0) is 12.8. The summed E-state index contributed by atoms with van der Waals surface area (Å²) in [6.07, 6.45) is 4.42. The quantitative estimate of drug-likeness (QED) is 0.700. The van der Waals surface area contributed by atoms with E-state index in [1.54, 1.807) is 6.92 Å². The van der Waals surface area contributed by atoms with Gasteiger partial charge in [-0.1, -0.05) is 26.7 Å². The van der Waals surface area contributed by atoms with E-state index in [0.29, 0.717) is 5.92 Å². The van der Waals surface area contributed by atoms with Gasteiger partial charge < -0.3 is 15.7 Å². The molecule has 0 aliphatic heterocycles. The van der Waals surface area contributed by atoms with Gasteiger partial charge in [0.1, 0.15) is 0 Å². The third-order valence-corrected chi connectivity index (χ3v) is 3.26. The fourth-order valence-corrected chi connectivity index (χ4v) is 2.13. The molecule has 98 valence electrons. The maximum absolute atomic E-state index is 11.5. The highest BCUT2D eigenvalue weighted by atomic mass is 16.4. The van der Waals surface area contributed by atoms with Crippen LogP contribution in [-0.4, -0.2) is 29.7 Å². The lowest BCUT2D eigenvalue weighted by molar-refractivity contribution is -0.140. The van der Waals surface area contributed by atoms with Gasteiger partial charge in [-0.15, -0.1) is 0 Å². The number of carbonyl (C=O) groups is 2. The Morgan fingerprint density at radius 1 is 1.41 bits per heavy atom. The van der Waals surface area contributed by atoms with Gasteiger partial charge in [-0.25, -0.2) is 4.79 Å². The third-order valence-electron chi connectivity index (χ3n) is 3.26. The molecule has 3 atom stereocenters. The van der Waals surface area contributed by atoms with Crippen LogP contribution in [0.1, 0.15) is 39.5 Å². The fraction of sp³-hybridized carbons (Fsp3) is 0.833. The zero-order valence-corrected chi connectivity index (χ0v) is 10.5. The Bertz CT molecular complexity index is 281. The Kier molecular flexibility index (Phi) is 5.25. The first-order valence-corrected chi connectivity index (χ1v) is 6.26. The minimum atomic E-state index is -0.892. The van der Waals surface area contributed by atoms with Crippen molar-refractivity contribution in [2.45, 2.75) is 45.6 Å². The van der Waals surface area contributed by atoms with Crippen molar-refractivity contribution in [2.24, 2.45) is 11.8 Å². The number of amides is 2. The van der Waals surface area contributed by atoms with Gasteiger partial charge >= 0.3 is 12.0 Å². The van der Waals surface area contributed by atoms with E-state index in [2.05, 4.69) is 17.6 Å². The lowest BCUT2D eigenvalue weighted by atomic mass is 9.87. The number of hydrogen-bond acceptors (Lipinski definition) is 2. The van der Waals surface area contributed by atoms with Gasteiger partial charge in [-0.2, -0.15) is 0 Å². The molecule has 0 radical (unpaired) electrons. The minimum absolute atomic E-state index is 0.170. The molecule has 0 spiro atoms. The first-order chi connectivity index (χ1) is 7.99. The molecular weight excluding hydrogens is 220 g/mol. The first kappa shape index (κ1) is 13.8. The van der Waals surface area contributed by atoms with Crippen LogP contribution in [-0.2, 0) is 4.79 Å². The average molecular weight is 242 g/mol. The van der Waals surface area contributed by atoms with E-state index < -0.39 is 11.9 Å². The summed E-state index contributed by atoms with van der Waals surface area (Å²) in [5, 5.41) is 14.2. The van der Waals surface area contributed by atoms with Crippen LogP contribution in [0.25, 0.3) is 0 Å². The summed E-state index contributed by atoms with van der Waals surface area (Å²) >= 11 is 0. The summed E-state index contributed by atoms with van der Waals surface area (Å²) in [6.45, 7) is 3.94. The maximum atomic E-state index is 11.5. The second-order valence-electron chi connectivity index (χ2n) is 5.06. The monoisotopic (exact) mass is 242 g/mol. The van der Waals surface area contributed by atoms with E-state index in [-0.39, 0.29) is 18.6 Å². The number of carboxylic acid groups (broad SMARTS) is 1. The van der Waals surface area contributed by atoms with E-state index in [1.807, 2.05) is 0 Å². The van der Waals surface area contributed by atoms with Gasteiger partial charge in [-0.05, 0) is 18.8 Å². The van der Waals surface area contributed by atoms with E-state index >= 15 is 0 Å². The van der Waals surface area contributed by atoms with Crippen molar-refractivity contribution >= 4 is 12.0 Å². The predicted molar refractivity (Wildman–Crippen MR) is 64.8 cm³/mol. The normalized spacial score (nSPS) is 26.0. The molecular formula is C12H22N2O3. The molecule has 0 heterocycles. The molecule has 0 bridgehead atoms. The third kappa shape index (κ3) is 5.06. The second kappa shape index (κ2) is 6.47. The van der Waals surface area contributed by atoms with Crippen molar-refractivity contribution in [1.82, 2.24) is 10.6 Å². The summed E-state index contributed by atoms with van der Waals surface area (Å²) in [7, 11) is 0. The number of aliphatic carboxylic acids is 1. The highest BCUT2D eigenvalue weighted by Crippen LogP contribution is 2.23. The molecule has 0 aromatic heterocycles. The topological polar surface area (TPSA) is 78.4 Å². The number of carbonyl (C=O) groups excluding carboxylic acids is 1. The van der Waals surface area contributed by atoms with E-state index in [1.165, 1.54) is 6.42 Å². The number of rotatable bonds is 4. The van der Waals surface area contributed by atoms with Crippen LogP contribution in [0, 0.1) is 11.8 Å². The van der Waals surface area contributed by atoms with Crippen molar-refractivity contribution in [3.63, 3.8) is 0 Å². The minimum Gasteiger partial charge on any atom is -0.481 e. The van der Waals surface area contributed by atoms with E-state index in [4.69, 9.17) is 5.11 Å². The van der Waals surface area contributed by atoms with Gasteiger partial charge in [0.05, 0.1) is 5.92 Å². The van der Waals surface area contributed by atoms with Crippen molar-refractivity contribution < 1.29 is 14.7 Å². The lowest BCUT2D eigenvalue weighted by Gasteiger charge is -2.27. The van der Waals surface area contributed by atoms with Gasteiger partial charge in [0, 0.05) is 12.6 Å². The predicted octanol–water partition coefficient (Wildman–Crippen LogP) is 1.58. The van der Waals surface area contributed by atoms with Crippen molar-refractivity contribution in [3.8, 4) is 0 Å². The molecule has 3 N–H and O–H groups in total. The Balaban J connectivity index is 2.22. The highest BCUT2D eigenvalue weighted by Gasteiger charge is 2.20. The molecule has 1 aliphatic rings. The second-order valence-corrected chi connectivity index (χ2v) is 5.06. The summed E-state index contributed by atoms with van der Waals surface area (Å²) in [5.41, 5.74) is 0. The smallest absolute Gasteiger partial charge is 0.315 e. The van der Waals surface area contributed by atoms with Crippen LogP contribution < -0.4 is 10.6 Å². The molecule has 5 nitrogen and oxygen atoms in total. The first-order valence-electron chi connectivity index (χ1n) is 6.26. The van der Waals surface area contributed by atoms with Gasteiger partial charge in [-0.3, -0.25) is 4.79 Å². The lowest BCUT2D eigenvalue weighted by Crippen LogP contribution is -2.45. The molecule has 1 fully saturated rings. The standard InChI is InChI=1S/C12H22N2O3/c1-8-4-3-5-10(6-8)14-12(17)13-7-9(2)11(15)16/h8-10H,3-7H2,1-2H3,(H,15,16)(H2,13,14,17). The number of carboxylic acids is 1. The van der Waals surface area contributed by atoms with Crippen LogP contribution >= 0.6 is 0 Å². The summed E-state index contributed by atoms with van der Waals surface area (Å²) in [5.74, 6) is -0.783. The maximum Gasteiger partial charge on any atom is 0.315 e. The Morgan fingerprint density at radius 3 is 2.71 bits per heavy atom. The Morgan fingerprint density at radius 2 is 2.12 bits per heavy atom. The highest BCUT2D eigenvalue weighted by molar-refractivity contribution is 5.75. The van der Waals surface area contributed by atoms with E-state index in [0.717, 1.165) is 19.3 Å². The molecule has 5 heteroatoms. The molecule has 0 saturated heterocycles. The van der Waals surface area contributed by atoms with E-state index in [9.17, 15) is 9.59 Å². The molecule has 2 amide bonds. The summed E-state index contributed by atoms with van der Waals surface area (Å²) < 4.78 is 0. The summed E-state index contributed by atoms with van der Waals surface area (Å²) in [4.78, 5) is 22.1. The molecule has 17 heavy (non-hydrogen) atoms. The van der Waals surface area contributed by atoms with Crippen LogP contribution in [0.15, 0.2) is 0 Å². The van der Waals surface area contributed by atoms with Crippen molar-refractivity contribution in [1.29, 1.82) is 0 Å². The Labute approximate surface area is 102 Å².